The van der Waals surface area contributed by atoms with Crippen LogP contribution in [0.25, 0.3) is 64.6 Å². The molecule has 0 amide bonds. The normalized spacial score (nSPS) is 12.6. The second-order valence-electron chi connectivity index (χ2n) is 8.17. The molecule has 7 rings (SSSR count). The van der Waals surface area contributed by atoms with E-state index in [1.54, 1.807) is 0 Å². The number of fused-ring (bicyclic) bond motifs is 6. The van der Waals surface area contributed by atoms with Crippen molar-refractivity contribution in [1.82, 2.24) is 0 Å². The molecule has 0 aliphatic heterocycles. The van der Waals surface area contributed by atoms with Crippen molar-refractivity contribution in [3.05, 3.63) is 83.9 Å². The highest BCUT2D eigenvalue weighted by Gasteiger charge is 2.22. The van der Waals surface area contributed by atoms with Crippen molar-refractivity contribution in [1.29, 1.82) is 0 Å². The van der Waals surface area contributed by atoms with Gasteiger partial charge in [-0.3, -0.25) is 0 Å². The van der Waals surface area contributed by atoms with E-state index in [0.29, 0.717) is 0 Å². The molecule has 7 aromatic rings. The van der Waals surface area contributed by atoms with Crippen LogP contribution in [0.3, 0.4) is 0 Å². The van der Waals surface area contributed by atoms with E-state index in [-0.39, 0.29) is 0 Å². The minimum absolute atomic E-state index is 1.34. The van der Waals surface area contributed by atoms with Crippen LogP contribution in [0, 0.1) is 13.8 Å². The van der Waals surface area contributed by atoms with Crippen LogP contribution >= 0.6 is 0 Å². The summed E-state index contributed by atoms with van der Waals surface area (Å²) in [5, 5.41) is 16.9. The predicted molar refractivity (Wildman–Crippen MR) is 123 cm³/mol. The zero-order valence-corrected chi connectivity index (χ0v) is 15.9. The van der Waals surface area contributed by atoms with Gasteiger partial charge in [0.05, 0.1) is 0 Å². The van der Waals surface area contributed by atoms with Gasteiger partial charge in [-0.05, 0) is 89.6 Å². The smallest absolute Gasteiger partial charge is 0.00262 e. The van der Waals surface area contributed by atoms with Gasteiger partial charge in [0.15, 0.2) is 0 Å². The molecule has 0 heteroatoms. The average Bonchev–Trinajstić information content (AvgIpc) is 3.24. The fraction of sp³-hybridized carbons (Fsp3) is 0.0714. The Morgan fingerprint density at radius 2 is 0.643 bits per heavy atom. The number of aryl methyl sites for hydroxylation is 2. The van der Waals surface area contributed by atoms with Crippen LogP contribution in [0.15, 0.2) is 72.8 Å². The summed E-state index contributed by atoms with van der Waals surface area (Å²) in [7, 11) is 0. The molecule has 0 atom stereocenters. The van der Waals surface area contributed by atoms with E-state index in [4.69, 9.17) is 0 Å². The van der Waals surface area contributed by atoms with Crippen molar-refractivity contribution in [3.8, 4) is 0 Å². The van der Waals surface area contributed by atoms with Crippen molar-refractivity contribution < 1.29 is 0 Å². The van der Waals surface area contributed by atoms with E-state index < -0.39 is 0 Å². The van der Waals surface area contributed by atoms with Crippen LogP contribution in [-0.2, 0) is 0 Å². The molecule has 0 aliphatic rings. The van der Waals surface area contributed by atoms with E-state index >= 15 is 0 Å². The summed E-state index contributed by atoms with van der Waals surface area (Å²) >= 11 is 0. The fourth-order valence-electron chi connectivity index (χ4n) is 5.86. The molecule has 0 fully saturated rings. The van der Waals surface area contributed by atoms with Crippen LogP contribution in [-0.4, -0.2) is 0 Å². The maximum Gasteiger partial charge on any atom is -0.00262 e. The Balaban J connectivity index is 1.93. The summed E-state index contributed by atoms with van der Waals surface area (Å²) in [6.45, 7) is 4.65. The molecule has 0 nitrogen and oxygen atoms in total. The van der Waals surface area contributed by atoms with E-state index in [1.165, 1.54) is 75.8 Å². The Morgan fingerprint density at radius 3 is 0.929 bits per heavy atom. The lowest BCUT2D eigenvalue weighted by Gasteiger charge is -2.08. The van der Waals surface area contributed by atoms with E-state index in [1.807, 2.05) is 0 Å². The molecular weight excluding hydrogens is 336 g/mol. The second kappa shape index (κ2) is 4.72. The van der Waals surface area contributed by atoms with Gasteiger partial charge < -0.3 is 0 Å². The molecule has 0 aliphatic carbocycles. The molecule has 0 unspecified atom stereocenters. The maximum atomic E-state index is 2.33. The SMILES string of the molecule is Cc1c2c3cccc4cccc(c2c(C)c2c5cccc6cccc(c12)c65)c43. The molecule has 0 radical (unpaired) electrons. The van der Waals surface area contributed by atoms with Crippen molar-refractivity contribution in [2.24, 2.45) is 0 Å². The monoisotopic (exact) mass is 354 g/mol. The van der Waals surface area contributed by atoms with Crippen molar-refractivity contribution in [2.75, 3.05) is 0 Å². The first-order chi connectivity index (χ1) is 13.8. The highest BCUT2D eigenvalue weighted by molar-refractivity contribution is 6.39. The van der Waals surface area contributed by atoms with Crippen LogP contribution in [0.2, 0.25) is 0 Å². The summed E-state index contributed by atoms with van der Waals surface area (Å²) in [6, 6.07) is 27.0. The molecule has 0 saturated carbocycles. The van der Waals surface area contributed by atoms with Gasteiger partial charge in [-0.2, -0.15) is 0 Å². The highest BCUT2D eigenvalue weighted by Crippen LogP contribution is 2.49. The lowest BCUT2D eigenvalue weighted by molar-refractivity contribution is 1.58. The summed E-state index contributed by atoms with van der Waals surface area (Å²) in [4.78, 5) is 0. The van der Waals surface area contributed by atoms with Crippen LogP contribution < -0.4 is 0 Å². The minimum atomic E-state index is 1.34. The van der Waals surface area contributed by atoms with Crippen molar-refractivity contribution in [3.63, 3.8) is 0 Å². The number of benzene rings is 5. The second-order valence-corrected chi connectivity index (χ2v) is 8.17. The molecule has 130 valence electrons. The molecule has 0 N–H and O–H groups in total. The standard InChI is InChI=1S/C28H18/c1-15-23-19-11-3-7-17-9-5-13-21(27(17)19)25(23)16(2)26-22-14-6-10-18-8-4-12-20(24(15)26)28(18)22/h3-14H,1-2H3. The van der Waals surface area contributed by atoms with Crippen LogP contribution in [0.5, 0.6) is 0 Å². The molecule has 0 spiro atoms. The zero-order valence-electron chi connectivity index (χ0n) is 15.9. The molecule has 7 aromatic carbocycles. The van der Waals surface area contributed by atoms with Gasteiger partial charge in [0.25, 0.3) is 0 Å². The third-order valence-corrected chi connectivity index (χ3v) is 6.89. The third kappa shape index (κ3) is 1.48. The van der Waals surface area contributed by atoms with Gasteiger partial charge in [0.1, 0.15) is 0 Å². The van der Waals surface area contributed by atoms with Crippen LogP contribution in [0.4, 0.5) is 0 Å². The van der Waals surface area contributed by atoms with Crippen molar-refractivity contribution >= 4 is 64.6 Å². The summed E-state index contributed by atoms with van der Waals surface area (Å²) < 4.78 is 0. The van der Waals surface area contributed by atoms with Crippen molar-refractivity contribution in [2.45, 2.75) is 13.8 Å². The summed E-state index contributed by atoms with van der Waals surface area (Å²) in [5.74, 6) is 0. The third-order valence-electron chi connectivity index (χ3n) is 6.89. The quantitative estimate of drug-likeness (QED) is 0.258. The lowest BCUT2D eigenvalue weighted by atomic mass is 9.95. The Bertz CT molecular complexity index is 1470. The Hall–Kier alpha value is -3.38. The molecule has 0 aromatic heterocycles. The molecule has 0 heterocycles. The summed E-state index contributed by atoms with van der Waals surface area (Å²) in [5.41, 5.74) is 2.84. The first-order valence-electron chi connectivity index (χ1n) is 9.98. The van der Waals surface area contributed by atoms with Gasteiger partial charge in [-0.25, -0.2) is 0 Å². The number of hydrogen-bond donors (Lipinski definition) is 0. The largest absolute Gasteiger partial charge is 0.0610 e. The van der Waals surface area contributed by atoms with Crippen LogP contribution in [0.1, 0.15) is 11.1 Å². The Kier molecular flexibility index (Phi) is 2.47. The first kappa shape index (κ1) is 14.6. The van der Waals surface area contributed by atoms with Gasteiger partial charge in [0, 0.05) is 0 Å². The number of rotatable bonds is 0. The van der Waals surface area contributed by atoms with Gasteiger partial charge >= 0.3 is 0 Å². The molecular formula is C28H18. The maximum absolute atomic E-state index is 2.33. The summed E-state index contributed by atoms with van der Waals surface area (Å²) in [6.07, 6.45) is 0. The average molecular weight is 354 g/mol. The van der Waals surface area contributed by atoms with E-state index in [9.17, 15) is 0 Å². The van der Waals surface area contributed by atoms with Gasteiger partial charge in [0.2, 0.25) is 0 Å². The molecule has 0 bridgehead atoms. The first-order valence-corrected chi connectivity index (χ1v) is 9.98. The van der Waals surface area contributed by atoms with Gasteiger partial charge in [-0.15, -0.1) is 0 Å². The minimum Gasteiger partial charge on any atom is -0.0610 e. The fourth-order valence-corrected chi connectivity index (χ4v) is 5.86. The topological polar surface area (TPSA) is 0 Å². The molecule has 0 saturated heterocycles. The zero-order chi connectivity index (χ0) is 18.6. The van der Waals surface area contributed by atoms with E-state index in [0.717, 1.165) is 0 Å². The van der Waals surface area contributed by atoms with E-state index in [2.05, 4.69) is 86.6 Å². The lowest BCUT2D eigenvalue weighted by Crippen LogP contribution is -1.83. The predicted octanol–water partition coefficient (Wildman–Crippen LogP) is 8.10. The Labute approximate surface area is 162 Å². The highest BCUT2D eigenvalue weighted by atomic mass is 14.2. The number of hydrogen-bond acceptors (Lipinski definition) is 0. The molecule has 28 heavy (non-hydrogen) atoms. The van der Waals surface area contributed by atoms with Gasteiger partial charge in [-0.1, -0.05) is 72.8 Å². The Morgan fingerprint density at radius 1 is 0.357 bits per heavy atom.